The summed E-state index contributed by atoms with van der Waals surface area (Å²) >= 11 is 0. The second-order valence-corrected chi connectivity index (χ2v) is 6.97. The molecule has 7 nitrogen and oxygen atoms in total. The van der Waals surface area contributed by atoms with Gasteiger partial charge in [0.15, 0.2) is 11.5 Å². The number of rotatable bonds is 7. The maximum absolute atomic E-state index is 12.9. The van der Waals surface area contributed by atoms with E-state index in [9.17, 15) is 14.7 Å². The number of aryl methyl sites for hydroxylation is 1. The Morgan fingerprint density at radius 1 is 1.00 bits per heavy atom. The van der Waals surface area contributed by atoms with Crippen molar-refractivity contribution in [3.8, 4) is 11.5 Å². The Morgan fingerprint density at radius 3 is 2.27 bits per heavy atom. The first kappa shape index (κ1) is 21.4. The van der Waals surface area contributed by atoms with Crippen molar-refractivity contribution < 1.29 is 28.9 Å². The van der Waals surface area contributed by atoms with E-state index < -0.39 is 17.7 Å². The van der Waals surface area contributed by atoms with Crippen LogP contribution >= 0.6 is 0 Å². The number of nitrogens with zero attached hydrogens (tertiary/aromatic N) is 1. The minimum Gasteiger partial charge on any atom is -0.507 e. The van der Waals surface area contributed by atoms with Crippen molar-refractivity contribution in [2.75, 3.05) is 34.5 Å². The van der Waals surface area contributed by atoms with Crippen molar-refractivity contribution in [2.45, 2.75) is 13.0 Å². The van der Waals surface area contributed by atoms with E-state index in [4.69, 9.17) is 14.2 Å². The lowest BCUT2D eigenvalue weighted by Gasteiger charge is -2.25. The summed E-state index contributed by atoms with van der Waals surface area (Å²) in [6, 6.07) is 11.5. The Kier molecular flexibility index (Phi) is 6.42. The van der Waals surface area contributed by atoms with E-state index in [0.29, 0.717) is 22.6 Å². The maximum Gasteiger partial charge on any atom is 0.295 e. The van der Waals surface area contributed by atoms with Gasteiger partial charge in [0.25, 0.3) is 11.7 Å². The van der Waals surface area contributed by atoms with Crippen LogP contribution in [0.15, 0.2) is 48.0 Å². The maximum atomic E-state index is 12.9. The molecule has 0 saturated carbocycles. The second-order valence-electron chi connectivity index (χ2n) is 6.97. The molecule has 0 aromatic heterocycles. The summed E-state index contributed by atoms with van der Waals surface area (Å²) < 4.78 is 15.8. The average Bonchev–Trinajstić information content (AvgIpc) is 3.01. The minimum atomic E-state index is -0.777. The molecule has 1 saturated heterocycles. The molecule has 2 aromatic rings. The van der Waals surface area contributed by atoms with Gasteiger partial charge in [0.1, 0.15) is 5.76 Å². The molecule has 0 bridgehead atoms. The topological polar surface area (TPSA) is 85.3 Å². The zero-order chi connectivity index (χ0) is 21.8. The number of amides is 1. The molecule has 158 valence electrons. The summed E-state index contributed by atoms with van der Waals surface area (Å²) in [6.07, 6.45) is 0. The molecular formula is C23H25NO6. The Hall–Kier alpha value is -3.32. The Morgan fingerprint density at radius 2 is 1.67 bits per heavy atom. The summed E-state index contributed by atoms with van der Waals surface area (Å²) in [5.74, 6) is -0.645. The molecule has 7 heteroatoms. The lowest BCUT2D eigenvalue weighted by atomic mass is 9.94. The lowest BCUT2D eigenvalue weighted by Crippen LogP contribution is -2.32. The highest BCUT2D eigenvalue weighted by Gasteiger charge is 2.46. The number of ketones is 1. The van der Waals surface area contributed by atoms with Crippen molar-refractivity contribution in [2.24, 2.45) is 0 Å². The van der Waals surface area contributed by atoms with Gasteiger partial charge in [-0.1, -0.05) is 35.9 Å². The summed E-state index contributed by atoms with van der Waals surface area (Å²) in [4.78, 5) is 27.1. The van der Waals surface area contributed by atoms with Crippen molar-refractivity contribution >= 4 is 17.4 Å². The molecule has 0 aliphatic carbocycles. The Bertz CT molecular complexity index is 980. The van der Waals surface area contributed by atoms with Gasteiger partial charge >= 0.3 is 0 Å². The number of Topliss-reactive ketones (excluding diaryl/α,β-unsaturated/α-hetero) is 1. The quantitative estimate of drug-likeness (QED) is 0.428. The van der Waals surface area contributed by atoms with Gasteiger partial charge in [-0.05, 0) is 24.6 Å². The highest BCUT2D eigenvalue weighted by atomic mass is 16.5. The van der Waals surface area contributed by atoms with Gasteiger partial charge in [-0.15, -0.1) is 0 Å². The van der Waals surface area contributed by atoms with Crippen molar-refractivity contribution in [3.63, 3.8) is 0 Å². The predicted molar refractivity (Wildman–Crippen MR) is 112 cm³/mol. The Balaban J connectivity index is 2.18. The fourth-order valence-electron chi connectivity index (χ4n) is 3.54. The van der Waals surface area contributed by atoms with E-state index >= 15 is 0 Å². The van der Waals surface area contributed by atoms with Crippen LogP contribution in [0.25, 0.3) is 5.76 Å². The first-order valence-electron chi connectivity index (χ1n) is 9.49. The highest BCUT2D eigenvalue weighted by molar-refractivity contribution is 6.46. The van der Waals surface area contributed by atoms with Gasteiger partial charge < -0.3 is 24.2 Å². The summed E-state index contributed by atoms with van der Waals surface area (Å²) in [7, 11) is 4.56. The van der Waals surface area contributed by atoms with E-state index in [1.165, 1.54) is 26.2 Å². The fourth-order valence-corrected chi connectivity index (χ4v) is 3.54. The van der Waals surface area contributed by atoms with E-state index in [0.717, 1.165) is 5.56 Å². The largest absolute Gasteiger partial charge is 0.507 e. The van der Waals surface area contributed by atoms with Gasteiger partial charge in [0.05, 0.1) is 32.4 Å². The molecule has 0 spiro atoms. The number of hydrogen-bond donors (Lipinski definition) is 1. The number of ether oxygens (including phenoxy) is 3. The van der Waals surface area contributed by atoms with Crippen LogP contribution in [0.5, 0.6) is 11.5 Å². The van der Waals surface area contributed by atoms with Crippen molar-refractivity contribution in [1.82, 2.24) is 4.90 Å². The second kappa shape index (κ2) is 9.00. The van der Waals surface area contributed by atoms with Gasteiger partial charge in [-0.25, -0.2) is 0 Å². The van der Waals surface area contributed by atoms with Gasteiger partial charge in [-0.3, -0.25) is 9.59 Å². The molecule has 1 amide bonds. The number of benzene rings is 2. The van der Waals surface area contributed by atoms with Crippen LogP contribution in [0.2, 0.25) is 0 Å². The molecule has 1 fully saturated rings. The Labute approximate surface area is 175 Å². The molecule has 1 N–H and O–H groups in total. The van der Waals surface area contributed by atoms with Crippen LogP contribution in [0, 0.1) is 6.92 Å². The highest BCUT2D eigenvalue weighted by Crippen LogP contribution is 2.41. The van der Waals surface area contributed by atoms with Gasteiger partial charge in [-0.2, -0.15) is 0 Å². The van der Waals surface area contributed by atoms with E-state index in [2.05, 4.69) is 0 Å². The summed E-state index contributed by atoms with van der Waals surface area (Å²) in [5.41, 5.74) is 2.14. The number of aliphatic hydroxyl groups excluding tert-OH is 1. The molecule has 1 heterocycles. The molecule has 1 aliphatic rings. The normalized spacial score (nSPS) is 18.0. The SMILES string of the molecule is COCCN1C(=O)C(=O)/C(=C(/O)c2ccc(C)cc2)[C@@H]1c1ccc(OC)c(OC)c1. The smallest absolute Gasteiger partial charge is 0.295 e. The average molecular weight is 411 g/mol. The zero-order valence-electron chi connectivity index (χ0n) is 17.5. The van der Waals surface area contributed by atoms with Crippen molar-refractivity contribution in [3.05, 3.63) is 64.7 Å². The number of aliphatic hydroxyl groups is 1. The number of methoxy groups -OCH3 is 3. The number of hydrogen-bond acceptors (Lipinski definition) is 6. The van der Waals surface area contributed by atoms with Crippen LogP contribution in [-0.2, 0) is 14.3 Å². The lowest BCUT2D eigenvalue weighted by molar-refractivity contribution is -0.140. The molecule has 2 aromatic carbocycles. The molecule has 0 radical (unpaired) electrons. The summed E-state index contributed by atoms with van der Waals surface area (Å²) in [5, 5.41) is 11.0. The molecule has 1 atom stereocenters. The third-order valence-corrected chi connectivity index (χ3v) is 5.12. The van der Waals surface area contributed by atoms with Crippen LogP contribution in [0.4, 0.5) is 0 Å². The van der Waals surface area contributed by atoms with Crippen LogP contribution in [0.1, 0.15) is 22.7 Å². The monoisotopic (exact) mass is 411 g/mol. The third-order valence-electron chi connectivity index (χ3n) is 5.12. The van der Waals surface area contributed by atoms with Gasteiger partial charge in [0.2, 0.25) is 0 Å². The number of carbonyl (C=O) groups excluding carboxylic acids is 2. The fraction of sp³-hybridized carbons (Fsp3) is 0.304. The van der Waals surface area contributed by atoms with Crippen LogP contribution in [0.3, 0.4) is 0 Å². The third kappa shape index (κ3) is 3.89. The van der Waals surface area contributed by atoms with E-state index in [1.807, 2.05) is 19.1 Å². The zero-order valence-corrected chi connectivity index (χ0v) is 17.5. The van der Waals surface area contributed by atoms with Crippen LogP contribution in [-0.4, -0.2) is 56.2 Å². The first-order valence-corrected chi connectivity index (χ1v) is 9.49. The molecular weight excluding hydrogens is 386 g/mol. The molecule has 0 unspecified atom stereocenters. The van der Waals surface area contributed by atoms with E-state index in [-0.39, 0.29) is 24.5 Å². The van der Waals surface area contributed by atoms with Crippen LogP contribution < -0.4 is 9.47 Å². The molecule has 30 heavy (non-hydrogen) atoms. The van der Waals surface area contributed by atoms with E-state index in [1.54, 1.807) is 30.3 Å². The summed E-state index contributed by atoms with van der Waals surface area (Å²) in [6.45, 7) is 2.38. The van der Waals surface area contributed by atoms with Crippen molar-refractivity contribution in [1.29, 1.82) is 0 Å². The first-order chi connectivity index (χ1) is 14.4. The molecule has 3 rings (SSSR count). The number of likely N-dealkylation sites (tertiary alicyclic amines) is 1. The minimum absolute atomic E-state index is 0.0344. The molecule has 1 aliphatic heterocycles. The standard InChI is InChI=1S/C23H25NO6/c1-14-5-7-15(8-6-14)21(25)19-20(24(11-12-28-2)23(27)22(19)26)16-9-10-17(29-3)18(13-16)30-4/h5-10,13,20,25H,11-12H2,1-4H3/b21-19+/t20-/m0/s1. The number of carbonyl (C=O) groups is 2. The van der Waals surface area contributed by atoms with Gasteiger partial charge in [0, 0.05) is 19.2 Å². The predicted octanol–water partition coefficient (Wildman–Crippen LogP) is 3.08.